The van der Waals surface area contributed by atoms with Crippen LogP contribution in [0.1, 0.15) is 50.1 Å². The molecule has 2 atom stereocenters. The molecule has 1 aliphatic rings. The normalized spacial score (nSPS) is 16.8. The molecule has 1 aromatic carbocycles. The Balaban J connectivity index is 1.54. The Morgan fingerprint density at radius 3 is 2.65 bits per heavy atom. The van der Waals surface area contributed by atoms with E-state index in [1.165, 1.54) is 23.9 Å². The van der Waals surface area contributed by atoms with Crippen LogP contribution >= 0.6 is 11.8 Å². The number of carbonyl (C=O) groups excluding carboxylic acids is 1. The molecule has 1 amide bonds. The quantitative estimate of drug-likeness (QED) is 0.819. The van der Waals surface area contributed by atoms with Crippen molar-refractivity contribution in [2.75, 3.05) is 0 Å². The third-order valence-electron chi connectivity index (χ3n) is 3.72. The Morgan fingerprint density at radius 2 is 2.00 bits per heavy atom. The molecule has 0 spiro atoms. The molecule has 0 radical (unpaired) electrons. The molecule has 0 saturated heterocycles. The van der Waals surface area contributed by atoms with Crippen molar-refractivity contribution in [3.05, 3.63) is 41.5 Å². The standard InChI is InChI=1S/C16H18FN3O2S/c1-9(11-5-7-13(17)8-6-11)18-14(21)10(2)23-16-20-19-15(22-16)12-3-4-12/h5-10,12H,3-4H2,1-2H3,(H,18,21)/t9-,10+/m0/s1. The Bertz CT molecular complexity index is 685. The van der Waals surface area contributed by atoms with Crippen LogP contribution in [0.4, 0.5) is 4.39 Å². The van der Waals surface area contributed by atoms with Crippen molar-refractivity contribution in [3.63, 3.8) is 0 Å². The zero-order chi connectivity index (χ0) is 16.4. The van der Waals surface area contributed by atoms with Gasteiger partial charge in [-0.3, -0.25) is 4.79 Å². The van der Waals surface area contributed by atoms with Gasteiger partial charge in [-0.2, -0.15) is 0 Å². The predicted octanol–water partition coefficient (Wildman–Crippen LogP) is 3.44. The first-order valence-electron chi connectivity index (χ1n) is 7.59. The van der Waals surface area contributed by atoms with Crippen LogP contribution in [-0.4, -0.2) is 21.4 Å². The fourth-order valence-corrected chi connectivity index (χ4v) is 2.83. The second-order valence-corrected chi connectivity index (χ2v) is 7.01. The number of carbonyl (C=O) groups is 1. The maximum atomic E-state index is 12.9. The molecule has 7 heteroatoms. The Hall–Kier alpha value is -1.89. The molecule has 1 saturated carbocycles. The van der Waals surface area contributed by atoms with Crippen molar-refractivity contribution in [1.82, 2.24) is 15.5 Å². The van der Waals surface area contributed by atoms with Crippen LogP contribution in [0.25, 0.3) is 0 Å². The molecule has 0 unspecified atom stereocenters. The largest absolute Gasteiger partial charge is 0.416 e. The predicted molar refractivity (Wildman–Crippen MR) is 84.5 cm³/mol. The van der Waals surface area contributed by atoms with Gasteiger partial charge in [-0.1, -0.05) is 23.9 Å². The van der Waals surface area contributed by atoms with Gasteiger partial charge in [0, 0.05) is 5.92 Å². The summed E-state index contributed by atoms with van der Waals surface area (Å²) < 4.78 is 18.5. The first-order valence-corrected chi connectivity index (χ1v) is 8.47. The van der Waals surface area contributed by atoms with Gasteiger partial charge < -0.3 is 9.73 Å². The lowest BCUT2D eigenvalue weighted by molar-refractivity contribution is -0.120. The van der Waals surface area contributed by atoms with Crippen molar-refractivity contribution in [2.45, 2.75) is 49.1 Å². The van der Waals surface area contributed by atoms with Gasteiger partial charge in [0.1, 0.15) is 5.82 Å². The average molecular weight is 335 g/mol. The van der Waals surface area contributed by atoms with Gasteiger partial charge in [0.2, 0.25) is 11.8 Å². The Labute approximate surface area is 138 Å². The molecule has 5 nitrogen and oxygen atoms in total. The van der Waals surface area contributed by atoms with E-state index in [0.717, 1.165) is 18.4 Å². The molecule has 1 fully saturated rings. The number of nitrogens with zero attached hydrogens (tertiary/aromatic N) is 2. The smallest absolute Gasteiger partial charge is 0.277 e. The maximum absolute atomic E-state index is 12.9. The van der Waals surface area contributed by atoms with Crippen LogP contribution in [0.2, 0.25) is 0 Å². The van der Waals surface area contributed by atoms with Gasteiger partial charge in [0.15, 0.2) is 0 Å². The SMILES string of the molecule is C[C@H](NC(=O)[C@@H](C)Sc1nnc(C2CC2)o1)c1ccc(F)cc1. The van der Waals surface area contributed by atoms with Crippen molar-refractivity contribution in [1.29, 1.82) is 0 Å². The molecule has 122 valence electrons. The first-order chi connectivity index (χ1) is 11.0. The highest BCUT2D eigenvalue weighted by Gasteiger charge is 2.30. The van der Waals surface area contributed by atoms with Gasteiger partial charge in [-0.15, -0.1) is 10.2 Å². The summed E-state index contributed by atoms with van der Waals surface area (Å²) in [5.41, 5.74) is 0.853. The fourth-order valence-electron chi connectivity index (χ4n) is 2.13. The monoisotopic (exact) mass is 335 g/mol. The topological polar surface area (TPSA) is 68.0 Å². The molecular weight excluding hydrogens is 317 g/mol. The Kier molecular flexibility index (Phi) is 4.66. The molecule has 23 heavy (non-hydrogen) atoms. The first kappa shape index (κ1) is 16.0. The summed E-state index contributed by atoms with van der Waals surface area (Å²) in [4.78, 5) is 12.3. The summed E-state index contributed by atoms with van der Waals surface area (Å²) in [6, 6.07) is 5.90. The van der Waals surface area contributed by atoms with Crippen LogP contribution in [0.15, 0.2) is 33.9 Å². The highest BCUT2D eigenvalue weighted by Crippen LogP contribution is 2.40. The van der Waals surface area contributed by atoms with Gasteiger partial charge in [0.05, 0.1) is 11.3 Å². The van der Waals surface area contributed by atoms with E-state index in [9.17, 15) is 9.18 Å². The number of amides is 1. The van der Waals surface area contributed by atoms with Crippen molar-refractivity contribution in [2.24, 2.45) is 0 Å². The number of hydrogen-bond acceptors (Lipinski definition) is 5. The minimum atomic E-state index is -0.356. The third-order valence-corrected chi connectivity index (χ3v) is 4.66. The number of benzene rings is 1. The van der Waals surface area contributed by atoms with Crippen molar-refractivity contribution >= 4 is 17.7 Å². The summed E-state index contributed by atoms with van der Waals surface area (Å²) in [7, 11) is 0. The molecule has 1 aliphatic carbocycles. The number of nitrogens with one attached hydrogen (secondary N) is 1. The van der Waals surface area contributed by atoms with E-state index in [4.69, 9.17) is 4.42 Å². The molecule has 0 aliphatic heterocycles. The van der Waals surface area contributed by atoms with Crippen LogP contribution in [0.5, 0.6) is 0 Å². The van der Waals surface area contributed by atoms with Crippen LogP contribution in [0.3, 0.4) is 0 Å². The molecule has 3 rings (SSSR count). The number of halogens is 1. The minimum absolute atomic E-state index is 0.127. The molecule has 1 N–H and O–H groups in total. The highest BCUT2D eigenvalue weighted by molar-refractivity contribution is 8.00. The van der Waals surface area contributed by atoms with E-state index in [1.54, 1.807) is 19.1 Å². The number of aromatic nitrogens is 2. The van der Waals surface area contributed by atoms with Crippen LogP contribution in [-0.2, 0) is 4.79 Å². The average Bonchev–Trinajstić information content (AvgIpc) is 3.28. The summed E-state index contributed by atoms with van der Waals surface area (Å²) in [6.45, 7) is 3.65. The zero-order valence-electron chi connectivity index (χ0n) is 13.0. The van der Waals surface area contributed by atoms with Crippen LogP contribution in [0, 0.1) is 5.82 Å². The summed E-state index contributed by atoms with van der Waals surface area (Å²) >= 11 is 1.25. The molecule has 1 aromatic heterocycles. The number of rotatable bonds is 6. The zero-order valence-corrected chi connectivity index (χ0v) is 13.8. The Morgan fingerprint density at radius 1 is 1.30 bits per heavy atom. The second kappa shape index (κ2) is 6.70. The van der Waals surface area contributed by atoms with Gasteiger partial charge in [-0.05, 0) is 44.4 Å². The van der Waals surface area contributed by atoms with Crippen molar-refractivity contribution in [3.8, 4) is 0 Å². The number of thioether (sulfide) groups is 1. The fraction of sp³-hybridized carbons (Fsp3) is 0.438. The van der Waals surface area contributed by atoms with Gasteiger partial charge in [-0.25, -0.2) is 4.39 Å². The van der Waals surface area contributed by atoms with Crippen LogP contribution < -0.4 is 5.32 Å². The summed E-state index contributed by atoms with van der Waals surface area (Å²) in [5.74, 6) is 0.649. The summed E-state index contributed by atoms with van der Waals surface area (Å²) in [5, 5.41) is 10.9. The van der Waals surface area contributed by atoms with E-state index in [-0.39, 0.29) is 23.0 Å². The molecular formula is C16H18FN3O2S. The maximum Gasteiger partial charge on any atom is 0.277 e. The lowest BCUT2D eigenvalue weighted by Gasteiger charge is -2.16. The van der Waals surface area contributed by atoms with Gasteiger partial charge >= 0.3 is 0 Å². The summed E-state index contributed by atoms with van der Waals surface area (Å²) in [6.07, 6.45) is 2.19. The van der Waals surface area contributed by atoms with Crippen molar-refractivity contribution < 1.29 is 13.6 Å². The van der Waals surface area contributed by atoms with E-state index in [0.29, 0.717) is 17.0 Å². The minimum Gasteiger partial charge on any atom is -0.416 e. The third kappa shape index (κ3) is 4.10. The van der Waals surface area contributed by atoms with E-state index < -0.39 is 0 Å². The molecule has 2 aromatic rings. The molecule has 1 heterocycles. The highest BCUT2D eigenvalue weighted by atomic mass is 32.2. The van der Waals surface area contributed by atoms with E-state index in [2.05, 4.69) is 15.5 Å². The lowest BCUT2D eigenvalue weighted by atomic mass is 10.1. The van der Waals surface area contributed by atoms with E-state index in [1.807, 2.05) is 6.92 Å². The number of hydrogen-bond donors (Lipinski definition) is 1. The lowest BCUT2D eigenvalue weighted by Crippen LogP contribution is -2.33. The second-order valence-electron chi connectivity index (χ2n) is 5.72. The van der Waals surface area contributed by atoms with E-state index >= 15 is 0 Å². The molecule has 0 bridgehead atoms. The van der Waals surface area contributed by atoms with Gasteiger partial charge in [0.25, 0.3) is 5.22 Å².